The van der Waals surface area contributed by atoms with E-state index in [1.165, 1.54) is 6.20 Å². The van der Waals surface area contributed by atoms with Gasteiger partial charge < -0.3 is 15.0 Å². The lowest BCUT2D eigenvalue weighted by Gasteiger charge is -2.36. The number of nitrogens with one attached hydrogen (secondary N) is 1. The number of nitrogens with zero attached hydrogens (tertiary/aromatic N) is 2. The zero-order chi connectivity index (χ0) is 19.1. The number of amides is 2. The maximum atomic E-state index is 14.0. The number of hydrogen-bond donors (Lipinski definition) is 1. The number of fused-ring (bicyclic) bond motifs is 4. The molecule has 0 saturated carbocycles. The topological polar surface area (TPSA) is 54.5 Å². The summed E-state index contributed by atoms with van der Waals surface area (Å²) in [6.45, 7) is 3.85. The van der Waals surface area contributed by atoms with Crippen molar-refractivity contribution in [3.05, 3.63) is 52.6 Å². The third-order valence-electron chi connectivity index (χ3n) is 5.12. The van der Waals surface area contributed by atoms with Crippen LogP contribution in [-0.4, -0.2) is 28.1 Å². The van der Waals surface area contributed by atoms with Crippen molar-refractivity contribution in [3.63, 3.8) is 0 Å². The number of halogens is 2. The van der Waals surface area contributed by atoms with Crippen LogP contribution < -0.4 is 10.1 Å². The molecule has 2 bridgehead atoms. The van der Waals surface area contributed by atoms with E-state index in [-0.39, 0.29) is 24.2 Å². The van der Waals surface area contributed by atoms with Crippen LogP contribution in [0.4, 0.5) is 14.9 Å². The van der Waals surface area contributed by atoms with Gasteiger partial charge in [0.15, 0.2) is 0 Å². The first kappa shape index (κ1) is 18.0. The van der Waals surface area contributed by atoms with Gasteiger partial charge in [0.2, 0.25) is 5.95 Å². The summed E-state index contributed by atoms with van der Waals surface area (Å²) in [6, 6.07) is 6.69. The minimum absolute atomic E-state index is 0.0137. The summed E-state index contributed by atoms with van der Waals surface area (Å²) < 4.78 is 19.7. The number of carbonyl (C=O) groups excluding carboxylic acids is 1. The number of aromatic nitrogens is 1. The third-order valence-corrected chi connectivity index (χ3v) is 5.42. The van der Waals surface area contributed by atoms with Crippen LogP contribution in [0.2, 0.25) is 5.02 Å². The van der Waals surface area contributed by atoms with Crippen molar-refractivity contribution in [2.24, 2.45) is 0 Å². The standard InChI is InChI=1S/C20H21ClFN3O2/c1-11(2)27-18-6-3-12(9-16(18)21)24-20(26)25-13-4-5-17(25)14-7-8-23-19(22)15(14)10-13/h3,6-9,11,13,17H,4-5,10H2,1-2H3,(H,24,26)/t13-,17+/m0/s1. The molecule has 1 saturated heterocycles. The van der Waals surface area contributed by atoms with E-state index >= 15 is 0 Å². The molecule has 2 aromatic rings. The van der Waals surface area contributed by atoms with E-state index in [0.29, 0.717) is 28.4 Å². The van der Waals surface area contributed by atoms with Gasteiger partial charge in [-0.2, -0.15) is 4.39 Å². The predicted molar refractivity (Wildman–Crippen MR) is 102 cm³/mol. The minimum atomic E-state index is -0.419. The molecule has 2 aliphatic rings. The van der Waals surface area contributed by atoms with Crippen molar-refractivity contribution in [2.45, 2.75) is 51.3 Å². The molecular formula is C20H21ClFN3O2. The lowest BCUT2D eigenvalue weighted by Crippen LogP contribution is -2.44. The Labute approximate surface area is 162 Å². The van der Waals surface area contributed by atoms with Crippen LogP contribution in [0.25, 0.3) is 0 Å². The van der Waals surface area contributed by atoms with Gasteiger partial charge in [-0.3, -0.25) is 0 Å². The Morgan fingerprint density at radius 2 is 2.19 bits per heavy atom. The maximum Gasteiger partial charge on any atom is 0.322 e. The zero-order valence-electron chi connectivity index (χ0n) is 15.2. The van der Waals surface area contributed by atoms with E-state index in [0.717, 1.165) is 18.4 Å². The molecule has 5 nitrogen and oxygen atoms in total. The second-order valence-electron chi connectivity index (χ2n) is 7.27. The summed E-state index contributed by atoms with van der Waals surface area (Å²) in [7, 11) is 0. The lowest BCUT2D eigenvalue weighted by molar-refractivity contribution is 0.178. The van der Waals surface area contributed by atoms with Crippen molar-refractivity contribution in [1.29, 1.82) is 0 Å². The number of pyridine rings is 1. The van der Waals surface area contributed by atoms with E-state index in [9.17, 15) is 9.18 Å². The second-order valence-corrected chi connectivity index (χ2v) is 7.68. The van der Waals surface area contributed by atoms with Gasteiger partial charge >= 0.3 is 6.03 Å². The molecule has 0 radical (unpaired) electrons. The van der Waals surface area contributed by atoms with Gasteiger partial charge in [0, 0.05) is 23.5 Å². The molecule has 2 aliphatic heterocycles. The number of urea groups is 1. The third kappa shape index (κ3) is 3.34. The molecule has 7 heteroatoms. The molecule has 0 aliphatic carbocycles. The Morgan fingerprint density at radius 3 is 2.93 bits per heavy atom. The molecule has 0 spiro atoms. The molecule has 142 valence electrons. The molecule has 1 aromatic carbocycles. The van der Waals surface area contributed by atoms with E-state index in [2.05, 4.69) is 10.3 Å². The van der Waals surface area contributed by atoms with Crippen molar-refractivity contribution < 1.29 is 13.9 Å². The Bertz CT molecular complexity index is 890. The fourth-order valence-electron chi connectivity index (χ4n) is 4.04. The van der Waals surface area contributed by atoms with Crippen LogP contribution in [0.5, 0.6) is 5.75 Å². The second kappa shape index (κ2) is 7.00. The highest BCUT2D eigenvalue weighted by atomic mass is 35.5. The molecule has 1 aromatic heterocycles. The summed E-state index contributed by atoms with van der Waals surface area (Å²) >= 11 is 6.26. The van der Waals surface area contributed by atoms with Crippen LogP contribution in [0.15, 0.2) is 30.5 Å². The van der Waals surface area contributed by atoms with Gasteiger partial charge in [-0.15, -0.1) is 0 Å². The summed E-state index contributed by atoms with van der Waals surface area (Å²) in [4.78, 5) is 18.5. The van der Waals surface area contributed by atoms with Gasteiger partial charge in [0.1, 0.15) is 5.75 Å². The first-order chi connectivity index (χ1) is 12.9. The van der Waals surface area contributed by atoms with Gasteiger partial charge in [-0.1, -0.05) is 11.6 Å². The molecule has 3 heterocycles. The normalized spacial score (nSPS) is 20.6. The number of ether oxygens (including phenoxy) is 1. The largest absolute Gasteiger partial charge is 0.489 e. The van der Waals surface area contributed by atoms with Gasteiger partial charge in [-0.05, 0) is 62.9 Å². The summed E-state index contributed by atoms with van der Waals surface area (Å²) in [5.74, 6) is 0.164. The molecule has 1 fully saturated rings. The van der Waals surface area contributed by atoms with E-state index in [1.807, 2.05) is 24.8 Å². The van der Waals surface area contributed by atoms with Crippen LogP contribution in [-0.2, 0) is 6.42 Å². The highest BCUT2D eigenvalue weighted by Gasteiger charge is 2.43. The van der Waals surface area contributed by atoms with Crippen molar-refractivity contribution in [2.75, 3.05) is 5.32 Å². The van der Waals surface area contributed by atoms with Crippen LogP contribution in [0, 0.1) is 5.95 Å². The fourth-order valence-corrected chi connectivity index (χ4v) is 4.27. The highest BCUT2D eigenvalue weighted by molar-refractivity contribution is 6.32. The van der Waals surface area contributed by atoms with Crippen LogP contribution in [0.3, 0.4) is 0 Å². The van der Waals surface area contributed by atoms with Crippen LogP contribution >= 0.6 is 11.6 Å². The van der Waals surface area contributed by atoms with Gasteiger partial charge in [0.05, 0.1) is 17.2 Å². The van der Waals surface area contributed by atoms with Crippen molar-refractivity contribution in [1.82, 2.24) is 9.88 Å². The Morgan fingerprint density at radius 1 is 1.37 bits per heavy atom. The van der Waals surface area contributed by atoms with E-state index in [4.69, 9.17) is 16.3 Å². The monoisotopic (exact) mass is 389 g/mol. The average molecular weight is 390 g/mol. The summed E-state index contributed by atoms with van der Waals surface area (Å²) in [5.41, 5.74) is 2.12. The van der Waals surface area contributed by atoms with Crippen molar-refractivity contribution in [3.8, 4) is 5.75 Å². The minimum Gasteiger partial charge on any atom is -0.489 e. The SMILES string of the molecule is CC(C)Oc1ccc(NC(=O)N2[C@H]3CC[C@@H]2c2ccnc(F)c2C3)cc1Cl. The molecule has 4 rings (SSSR count). The molecule has 2 amide bonds. The Kier molecular flexibility index (Phi) is 4.68. The van der Waals surface area contributed by atoms with E-state index in [1.54, 1.807) is 18.2 Å². The molecule has 27 heavy (non-hydrogen) atoms. The summed E-state index contributed by atoms with van der Waals surface area (Å²) in [6.07, 6.45) is 3.67. The first-order valence-corrected chi connectivity index (χ1v) is 9.50. The average Bonchev–Trinajstić information content (AvgIpc) is 2.93. The highest BCUT2D eigenvalue weighted by Crippen LogP contribution is 2.44. The van der Waals surface area contributed by atoms with E-state index < -0.39 is 5.95 Å². The Hall–Kier alpha value is -2.34. The fraction of sp³-hybridized carbons (Fsp3) is 0.400. The molecule has 0 unspecified atom stereocenters. The molecule has 1 N–H and O–H groups in total. The quantitative estimate of drug-likeness (QED) is 0.755. The number of hydrogen-bond acceptors (Lipinski definition) is 3. The maximum absolute atomic E-state index is 14.0. The molecular weight excluding hydrogens is 369 g/mol. The van der Waals surface area contributed by atoms with Crippen molar-refractivity contribution >= 4 is 23.3 Å². The predicted octanol–water partition coefficient (Wildman–Crippen LogP) is 4.96. The zero-order valence-corrected chi connectivity index (χ0v) is 16.0. The van der Waals surface area contributed by atoms with Gasteiger partial charge in [0.25, 0.3) is 0 Å². The number of rotatable bonds is 3. The number of benzene rings is 1. The van der Waals surface area contributed by atoms with Crippen LogP contribution in [0.1, 0.15) is 43.9 Å². The Balaban J connectivity index is 1.53. The molecule has 2 atom stereocenters. The smallest absolute Gasteiger partial charge is 0.322 e. The van der Waals surface area contributed by atoms with Gasteiger partial charge in [-0.25, -0.2) is 9.78 Å². The number of carbonyl (C=O) groups is 1. The first-order valence-electron chi connectivity index (χ1n) is 9.13. The number of anilines is 1. The summed E-state index contributed by atoms with van der Waals surface area (Å²) in [5, 5.41) is 3.36. The lowest BCUT2D eigenvalue weighted by atomic mass is 9.95.